The van der Waals surface area contributed by atoms with Gasteiger partial charge in [-0.1, -0.05) is 26.0 Å². The maximum absolute atomic E-state index is 11.9. The van der Waals surface area contributed by atoms with Gasteiger partial charge in [0.2, 0.25) is 0 Å². The first-order valence-corrected chi connectivity index (χ1v) is 6.67. The molecule has 0 saturated carbocycles. The molecule has 1 aromatic carbocycles. The zero-order valence-electron chi connectivity index (χ0n) is 12.9. The average molecular weight is 332 g/mol. The van der Waals surface area contributed by atoms with Crippen LogP contribution in [-0.2, 0) is 4.79 Å². The Hall–Kier alpha value is -1.86. The summed E-state index contributed by atoms with van der Waals surface area (Å²) in [7, 11) is 0. The molecule has 3 N–H and O–H groups in total. The number of nitrogens with one attached hydrogen (secondary N) is 1. The Morgan fingerprint density at radius 2 is 2.05 bits per heavy atom. The van der Waals surface area contributed by atoms with Gasteiger partial charge >= 0.3 is 5.69 Å². The summed E-state index contributed by atoms with van der Waals surface area (Å²) in [5.41, 5.74) is 4.97. The number of rotatable bonds is 7. The molecule has 1 rings (SSSR count). The molecule has 1 amide bonds. The van der Waals surface area contributed by atoms with E-state index in [9.17, 15) is 14.9 Å². The molecule has 0 aliphatic rings. The monoisotopic (exact) mass is 331 g/mol. The van der Waals surface area contributed by atoms with Gasteiger partial charge < -0.3 is 15.8 Å². The zero-order chi connectivity index (χ0) is 16.0. The van der Waals surface area contributed by atoms with Crippen LogP contribution >= 0.6 is 12.4 Å². The molecule has 0 fully saturated rings. The first kappa shape index (κ1) is 20.1. The van der Waals surface area contributed by atoms with Crippen molar-refractivity contribution in [1.82, 2.24) is 5.32 Å². The summed E-state index contributed by atoms with van der Waals surface area (Å²) in [4.78, 5) is 22.2. The van der Waals surface area contributed by atoms with Gasteiger partial charge in [-0.05, 0) is 18.9 Å². The number of carbonyl (C=O) groups is 1. The topological polar surface area (TPSA) is 107 Å². The van der Waals surface area contributed by atoms with E-state index in [0.717, 1.165) is 0 Å². The fourth-order valence-electron chi connectivity index (χ4n) is 1.66. The summed E-state index contributed by atoms with van der Waals surface area (Å²) in [5.74, 6) is -0.149. The number of hydrogen-bond acceptors (Lipinski definition) is 5. The third-order valence-corrected chi connectivity index (χ3v) is 3.54. The Bertz CT molecular complexity index is 525. The number of hydrogen-bond donors (Lipinski definition) is 2. The largest absolute Gasteiger partial charge is 0.477 e. The summed E-state index contributed by atoms with van der Waals surface area (Å²) in [5, 5.41) is 13.6. The number of nitrogens with zero attached hydrogens (tertiary/aromatic N) is 1. The number of nitro benzene ring substituents is 1. The summed E-state index contributed by atoms with van der Waals surface area (Å²) in [6.07, 6.45) is 0. The highest BCUT2D eigenvalue weighted by Crippen LogP contribution is 2.25. The van der Waals surface area contributed by atoms with Crippen molar-refractivity contribution in [1.29, 1.82) is 0 Å². The summed E-state index contributed by atoms with van der Waals surface area (Å²) < 4.78 is 5.24. The molecule has 1 atom stereocenters. The third-order valence-electron chi connectivity index (χ3n) is 3.54. The molecule has 0 radical (unpaired) electrons. The second-order valence-electron chi connectivity index (χ2n) is 5.34. The molecule has 0 spiro atoms. The maximum atomic E-state index is 11.9. The van der Waals surface area contributed by atoms with Crippen LogP contribution in [0, 0.1) is 16.0 Å². The molecule has 7 nitrogen and oxygen atoms in total. The Morgan fingerprint density at radius 3 is 2.55 bits per heavy atom. The lowest BCUT2D eigenvalue weighted by molar-refractivity contribution is -0.385. The predicted octanol–water partition coefficient (Wildman–Crippen LogP) is 1.88. The van der Waals surface area contributed by atoms with Crippen molar-refractivity contribution < 1.29 is 14.5 Å². The molecule has 124 valence electrons. The molecule has 0 aliphatic carbocycles. The molecule has 1 unspecified atom stereocenters. The van der Waals surface area contributed by atoms with Crippen LogP contribution in [0.1, 0.15) is 20.8 Å². The molecule has 1 aromatic rings. The van der Waals surface area contributed by atoms with Crippen LogP contribution in [-0.4, -0.2) is 29.5 Å². The van der Waals surface area contributed by atoms with Gasteiger partial charge in [0.05, 0.1) is 10.5 Å². The third kappa shape index (κ3) is 5.16. The van der Waals surface area contributed by atoms with E-state index in [2.05, 4.69) is 5.32 Å². The smallest absolute Gasteiger partial charge is 0.310 e. The lowest BCUT2D eigenvalue weighted by Crippen LogP contribution is -2.56. The molecular weight excluding hydrogens is 310 g/mol. The van der Waals surface area contributed by atoms with Crippen LogP contribution in [0.2, 0.25) is 0 Å². The zero-order valence-corrected chi connectivity index (χ0v) is 13.7. The summed E-state index contributed by atoms with van der Waals surface area (Å²) in [6, 6.07) is 5.93. The molecule has 22 heavy (non-hydrogen) atoms. The first-order chi connectivity index (χ1) is 9.80. The number of carbonyl (C=O) groups excluding carboxylic acids is 1. The minimum absolute atomic E-state index is 0. The van der Waals surface area contributed by atoms with Gasteiger partial charge in [0, 0.05) is 12.6 Å². The number of ether oxygens (including phenoxy) is 1. The van der Waals surface area contributed by atoms with E-state index >= 15 is 0 Å². The minimum atomic E-state index is -0.550. The Balaban J connectivity index is 0.00000441. The van der Waals surface area contributed by atoms with Crippen molar-refractivity contribution in [3.8, 4) is 5.75 Å². The fourth-order valence-corrected chi connectivity index (χ4v) is 1.66. The lowest BCUT2D eigenvalue weighted by atomic mass is 9.88. The van der Waals surface area contributed by atoms with Gasteiger partial charge in [-0.25, -0.2) is 0 Å². The highest BCUT2D eigenvalue weighted by atomic mass is 35.5. The number of amides is 1. The van der Waals surface area contributed by atoms with Gasteiger partial charge in [0.25, 0.3) is 5.91 Å². The molecular formula is C14H22ClN3O4. The highest BCUT2D eigenvalue weighted by Gasteiger charge is 2.28. The molecule has 8 heteroatoms. The van der Waals surface area contributed by atoms with E-state index in [1.54, 1.807) is 6.07 Å². The molecule has 0 aliphatic heterocycles. The van der Waals surface area contributed by atoms with Gasteiger partial charge in [-0.2, -0.15) is 0 Å². The average Bonchev–Trinajstić information content (AvgIpc) is 2.44. The van der Waals surface area contributed by atoms with Crippen LogP contribution in [0.25, 0.3) is 0 Å². The SMILES string of the molecule is CC(C)C(C)(CN)NC(=O)COc1ccccc1[N+](=O)[O-].Cl. The van der Waals surface area contributed by atoms with Crippen molar-refractivity contribution >= 4 is 24.0 Å². The standard InChI is InChI=1S/C14H21N3O4.ClH/c1-10(2)14(3,9-15)16-13(18)8-21-12-7-5-4-6-11(12)17(19)20;/h4-7,10H,8-9,15H2,1-3H3,(H,16,18);1H. The molecule has 0 saturated heterocycles. The predicted molar refractivity (Wildman–Crippen MR) is 86.3 cm³/mol. The van der Waals surface area contributed by atoms with Crippen LogP contribution in [0.5, 0.6) is 5.75 Å². The number of nitro groups is 1. The number of halogens is 1. The quantitative estimate of drug-likeness (QED) is 0.586. The van der Waals surface area contributed by atoms with E-state index in [-0.39, 0.29) is 42.3 Å². The van der Waals surface area contributed by atoms with Crippen molar-refractivity contribution in [2.24, 2.45) is 11.7 Å². The van der Waals surface area contributed by atoms with Gasteiger partial charge in [-0.3, -0.25) is 14.9 Å². The van der Waals surface area contributed by atoms with Gasteiger partial charge in [-0.15, -0.1) is 12.4 Å². The summed E-state index contributed by atoms with van der Waals surface area (Å²) >= 11 is 0. The van der Waals surface area contributed by atoms with Crippen molar-refractivity contribution in [2.75, 3.05) is 13.2 Å². The van der Waals surface area contributed by atoms with Crippen LogP contribution in [0.3, 0.4) is 0 Å². The van der Waals surface area contributed by atoms with E-state index in [0.29, 0.717) is 6.54 Å². The number of para-hydroxylation sites is 2. The summed E-state index contributed by atoms with van der Waals surface area (Å²) in [6.45, 7) is 5.75. The first-order valence-electron chi connectivity index (χ1n) is 6.67. The van der Waals surface area contributed by atoms with Crippen molar-refractivity contribution in [3.63, 3.8) is 0 Å². The Morgan fingerprint density at radius 1 is 1.45 bits per heavy atom. The Kier molecular flexibility index (Phi) is 7.83. The molecule has 0 bridgehead atoms. The second kappa shape index (κ2) is 8.55. The van der Waals surface area contributed by atoms with E-state index in [1.165, 1.54) is 18.2 Å². The highest BCUT2D eigenvalue weighted by molar-refractivity contribution is 5.85. The molecule has 0 heterocycles. The molecule has 0 aromatic heterocycles. The van der Waals surface area contributed by atoms with E-state index < -0.39 is 10.5 Å². The van der Waals surface area contributed by atoms with Gasteiger partial charge in [0.15, 0.2) is 12.4 Å². The van der Waals surface area contributed by atoms with E-state index in [4.69, 9.17) is 10.5 Å². The second-order valence-corrected chi connectivity index (χ2v) is 5.34. The number of nitrogens with two attached hydrogens (primary N) is 1. The fraction of sp³-hybridized carbons (Fsp3) is 0.500. The normalized spacial score (nSPS) is 13.0. The van der Waals surface area contributed by atoms with Crippen molar-refractivity contribution in [2.45, 2.75) is 26.3 Å². The number of benzene rings is 1. The van der Waals surface area contributed by atoms with Crippen molar-refractivity contribution in [3.05, 3.63) is 34.4 Å². The van der Waals surface area contributed by atoms with E-state index in [1.807, 2.05) is 20.8 Å². The van der Waals surface area contributed by atoms with Crippen LogP contribution < -0.4 is 15.8 Å². The lowest BCUT2D eigenvalue weighted by Gasteiger charge is -2.33. The van der Waals surface area contributed by atoms with Crippen LogP contribution in [0.15, 0.2) is 24.3 Å². The maximum Gasteiger partial charge on any atom is 0.310 e. The Labute approximate surface area is 135 Å². The van der Waals surface area contributed by atoms with Crippen LogP contribution in [0.4, 0.5) is 5.69 Å². The minimum Gasteiger partial charge on any atom is -0.477 e. The van der Waals surface area contributed by atoms with Gasteiger partial charge in [0.1, 0.15) is 0 Å².